The molecule has 1 heterocycles. The number of carbonyl (C=O) groups excluding carboxylic acids is 1. The van der Waals surface area contributed by atoms with Gasteiger partial charge in [0.05, 0.1) is 0 Å². The molecule has 0 bridgehead atoms. The molecule has 0 saturated carbocycles. The lowest BCUT2D eigenvalue weighted by atomic mass is 10.1. The second-order valence-electron chi connectivity index (χ2n) is 4.44. The van der Waals surface area contributed by atoms with E-state index in [9.17, 15) is 9.59 Å². The van der Waals surface area contributed by atoms with Crippen LogP contribution in [0.5, 0.6) is 0 Å². The zero-order valence-electron chi connectivity index (χ0n) is 11.4. The van der Waals surface area contributed by atoms with Crippen LogP contribution in [0.1, 0.15) is 42.2 Å². The maximum Gasteiger partial charge on any atom is 0.257 e. The number of hydrogen-bond acceptors (Lipinski definition) is 3. The van der Waals surface area contributed by atoms with Gasteiger partial charge >= 0.3 is 0 Å². The molecule has 0 spiro atoms. The number of hydrogen-bond donors (Lipinski definition) is 3. The first-order valence-corrected chi connectivity index (χ1v) is 6.28. The fraction of sp³-hybridized carbons (Fsp3) is 0.538. The second-order valence-corrected chi connectivity index (χ2v) is 4.44. The molecule has 5 nitrogen and oxygen atoms in total. The highest BCUT2D eigenvalue weighted by Crippen LogP contribution is 2.01. The average molecular weight is 288 g/mol. The molecule has 0 radical (unpaired) electrons. The lowest BCUT2D eigenvalue weighted by molar-refractivity contribution is 0.0934. The van der Waals surface area contributed by atoms with Gasteiger partial charge < -0.3 is 16.0 Å². The van der Waals surface area contributed by atoms with Crippen LogP contribution in [-0.4, -0.2) is 23.5 Å². The summed E-state index contributed by atoms with van der Waals surface area (Å²) in [5.74, 6) is -0.359. The number of halogens is 1. The summed E-state index contributed by atoms with van der Waals surface area (Å²) in [6.45, 7) is 4.24. The number of nitrogens with two attached hydrogens (primary N) is 1. The molecule has 1 atom stereocenters. The molecule has 108 valence electrons. The van der Waals surface area contributed by atoms with Crippen molar-refractivity contribution in [3.63, 3.8) is 0 Å². The molecule has 0 aliphatic carbocycles. The fourth-order valence-corrected chi connectivity index (χ4v) is 1.71. The first kappa shape index (κ1) is 17.7. The summed E-state index contributed by atoms with van der Waals surface area (Å²) in [7, 11) is 0. The first-order chi connectivity index (χ1) is 8.58. The van der Waals surface area contributed by atoms with Crippen molar-refractivity contribution in [2.45, 2.75) is 39.2 Å². The van der Waals surface area contributed by atoms with Crippen LogP contribution in [0.15, 0.2) is 17.1 Å². The van der Waals surface area contributed by atoms with Crippen molar-refractivity contribution in [2.24, 2.45) is 5.73 Å². The zero-order valence-corrected chi connectivity index (χ0v) is 12.2. The molecule has 1 amide bonds. The predicted molar refractivity (Wildman–Crippen MR) is 78.9 cm³/mol. The molecule has 0 aromatic carbocycles. The van der Waals surface area contributed by atoms with Gasteiger partial charge in [0.2, 0.25) is 0 Å². The highest BCUT2D eigenvalue weighted by atomic mass is 35.5. The van der Waals surface area contributed by atoms with Gasteiger partial charge in [-0.1, -0.05) is 19.8 Å². The van der Waals surface area contributed by atoms with E-state index in [1.54, 1.807) is 6.92 Å². The smallest absolute Gasteiger partial charge is 0.257 e. The van der Waals surface area contributed by atoms with Crippen LogP contribution in [0, 0.1) is 6.92 Å². The van der Waals surface area contributed by atoms with Gasteiger partial charge in [-0.25, -0.2) is 0 Å². The molecular formula is C13H22ClN3O2. The van der Waals surface area contributed by atoms with E-state index in [2.05, 4.69) is 17.2 Å². The molecule has 1 unspecified atom stereocenters. The molecule has 6 heteroatoms. The van der Waals surface area contributed by atoms with E-state index in [0.29, 0.717) is 6.54 Å². The van der Waals surface area contributed by atoms with Crippen molar-refractivity contribution in [1.29, 1.82) is 0 Å². The Kier molecular flexibility index (Phi) is 8.11. The molecule has 0 saturated heterocycles. The number of pyridine rings is 1. The standard InChI is InChI=1S/C13H21N3O2.ClH/c1-3-4-5-10(7-14)16-13(18)11-8-15-9(2)6-12(11)17;/h6,8,10H,3-5,7,14H2,1-2H3,(H,15,17)(H,16,18);1H. The number of aromatic amines is 1. The minimum atomic E-state index is -0.359. The Bertz CT molecular complexity index is 459. The third-order valence-corrected chi connectivity index (χ3v) is 2.83. The maximum atomic E-state index is 11.9. The predicted octanol–water partition coefficient (Wildman–Crippen LogP) is 1.35. The molecule has 0 fully saturated rings. The Morgan fingerprint density at radius 2 is 2.21 bits per heavy atom. The number of nitrogens with one attached hydrogen (secondary N) is 2. The van der Waals surface area contributed by atoms with Crippen molar-refractivity contribution in [3.8, 4) is 0 Å². The Morgan fingerprint density at radius 3 is 2.74 bits per heavy atom. The number of rotatable bonds is 6. The number of aromatic nitrogens is 1. The summed E-state index contributed by atoms with van der Waals surface area (Å²) in [4.78, 5) is 26.4. The monoisotopic (exact) mass is 287 g/mol. The van der Waals surface area contributed by atoms with Crippen LogP contribution >= 0.6 is 12.4 Å². The molecule has 1 aromatic rings. The van der Waals surface area contributed by atoms with E-state index in [1.165, 1.54) is 12.3 Å². The number of aryl methyl sites for hydroxylation is 1. The summed E-state index contributed by atoms with van der Waals surface area (Å²) in [5, 5.41) is 2.79. The summed E-state index contributed by atoms with van der Waals surface area (Å²) >= 11 is 0. The van der Waals surface area contributed by atoms with E-state index in [-0.39, 0.29) is 35.3 Å². The van der Waals surface area contributed by atoms with Crippen LogP contribution < -0.4 is 16.5 Å². The van der Waals surface area contributed by atoms with Gasteiger partial charge in [-0.05, 0) is 13.3 Å². The van der Waals surface area contributed by atoms with Gasteiger partial charge in [-0.15, -0.1) is 12.4 Å². The maximum absolute atomic E-state index is 11.9. The van der Waals surface area contributed by atoms with Crippen molar-refractivity contribution in [3.05, 3.63) is 33.7 Å². The number of carbonyl (C=O) groups is 1. The van der Waals surface area contributed by atoms with Gasteiger partial charge in [0.15, 0.2) is 5.43 Å². The Morgan fingerprint density at radius 1 is 1.53 bits per heavy atom. The summed E-state index contributed by atoms with van der Waals surface area (Å²) in [6.07, 6.45) is 4.34. The van der Waals surface area contributed by atoms with E-state index in [1.807, 2.05) is 0 Å². The summed E-state index contributed by atoms with van der Waals surface area (Å²) in [6, 6.07) is 1.34. The van der Waals surface area contributed by atoms with Gasteiger partial charge in [0, 0.05) is 30.5 Å². The molecule has 1 rings (SSSR count). The third kappa shape index (κ3) is 5.44. The molecule has 0 aliphatic heterocycles. The molecule has 19 heavy (non-hydrogen) atoms. The average Bonchev–Trinajstić information content (AvgIpc) is 2.34. The van der Waals surface area contributed by atoms with Crippen LogP contribution in [0.25, 0.3) is 0 Å². The molecular weight excluding hydrogens is 266 g/mol. The van der Waals surface area contributed by atoms with Crippen LogP contribution in [0.4, 0.5) is 0 Å². The lowest BCUT2D eigenvalue weighted by Gasteiger charge is -2.16. The number of unbranched alkanes of at least 4 members (excludes halogenated alkanes) is 1. The second kappa shape index (κ2) is 8.72. The van der Waals surface area contributed by atoms with Crippen molar-refractivity contribution < 1.29 is 4.79 Å². The van der Waals surface area contributed by atoms with Crippen LogP contribution in [0.2, 0.25) is 0 Å². The first-order valence-electron chi connectivity index (χ1n) is 6.28. The minimum Gasteiger partial charge on any atom is -0.364 e. The van der Waals surface area contributed by atoms with Crippen molar-refractivity contribution in [2.75, 3.05) is 6.54 Å². The van der Waals surface area contributed by atoms with Crippen LogP contribution in [-0.2, 0) is 0 Å². The third-order valence-electron chi connectivity index (χ3n) is 2.83. The van der Waals surface area contributed by atoms with Gasteiger partial charge in [-0.2, -0.15) is 0 Å². The SMILES string of the molecule is CCCCC(CN)NC(=O)c1c[nH]c(C)cc1=O.Cl. The largest absolute Gasteiger partial charge is 0.364 e. The normalized spacial score (nSPS) is 11.5. The van der Waals surface area contributed by atoms with Crippen LogP contribution in [0.3, 0.4) is 0 Å². The number of amides is 1. The van der Waals surface area contributed by atoms with Gasteiger partial charge in [0.25, 0.3) is 5.91 Å². The Hall–Kier alpha value is -1.33. The van der Waals surface area contributed by atoms with Gasteiger partial charge in [0.1, 0.15) is 5.56 Å². The van der Waals surface area contributed by atoms with E-state index in [0.717, 1.165) is 25.0 Å². The van der Waals surface area contributed by atoms with E-state index in [4.69, 9.17) is 5.73 Å². The quantitative estimate of drug-likeness (QED) is 0.738. The van der Waals surface area contributed by atoms with Crippen molar-refractivity contribution in [1.82, 2.24) is 10.3 Å². The molecule has 0 aliphatic rings. The van der Waals surface area contributed by atoms with Gasteiger partial charge in [-0.3, -0.25) is 9.59 Å². The number of H-pyrrole nitrogens is 1. The Balaban J connectivity index is 0.00000324. The summed E-state index contributed by atoms with van der Waals surface area (Å²) in [5.41, 5.74) is 6.20. The molecule has 4 N–H and O–H groups in total. The Labute approximate surface area is 119 Å². The zero-order chi connectivity index (χ0) is 13.5. The minimum absolute atomic E-state index is 0. The summed E-state index contributed by atoms with van der Waals surface area (Å²) < 4.78 is 0. The topological polar surface area (TPSA) is 88.0 Å². The molecule has 1 aromatic heterocycles. The van der Waals surface area contributed by atoms with E-state index >= 15 is 0 Å². The highest BCUT2D eigenvalue weighted by molar-refractivity contribution is 5.93. The van der Waals surface area contributed by atoms with Crippen molar-refractivity contribution >= 4 is 18.3 Å². The highest BCUT2D eigenvalue weighted by Gasteiger charge is 2.14. The lowest BCUT2D eigenvalue weighted by Crippen LogP contribution is -2.41. The fourth-order valence-electron chi connectivity index (χ4n) is 1.71. The van der Waals surface area contributed by atoms with E-state index < -0.39 is 0 Å².